The van der Waals surface area contributed by atoms with Crippen LogP contribution in [-0.4, -0.2) is 14.8 Å². The summed E-state index contributed by atoms with van der Waals surface area (Å²) in [6, 6.07) is 6.61. The quantitative estimate of drug-likeness (QED) is 0.802. The summed E-state index contributed by atoms with van der Waals surface area (Å²) in [6.45, 7) is 2.38. The van der Waals surface area contributed by atoms with Crippen molar-refractivity contribution in [1.82, 2.24) is 14.8 Å². The van der Waals surface area contributed by atoms with E-state index in [0.29, 0.717) is 17.3 Å². The fraction of sp³-hybridized carbons (Fsp3) is 0.200. The summed E-state index contributed by atoms with van der Waals surface area (Å²) < 4.78 is 15.4. The molecule has 108 valence electrons. The summed E-state index contributed by atoms with van der Waals surface area (Å²) in [5.41, 5.74) is 3.01. The molecule has 0 aliphatic heterocycles. The van der Waals surface area contributed by atoms with Gasteiger partial charge in [0.2, 0.25) is 0 Å². The molecule has 0 fully saturated rings. The predicted octanol–water partition coefficient (Wildman–Crippen LogP) is 3.68. The van der Waals surface area contributed by atoms with Gasteiger partial charge >= 0.3 is 0 Å². The SMILES string of the molecule is Cc1nn(C)c2ncc(CNc3c(F)cccc3Cl)cc12. The summed E-state index contributed by atoms with van der Waals surface area (Å²) >= 11 is 5.99. The molecule has 0 saturated heterocycles. The van der Waals surface area contributed by atoms with Crippen LogP contribution in [0.25, 0.3) is 11.0 Å². The van der Waals surface area contributed by atoms with Crippen LogP contribution in [0.1, 0.15) is 11.3 Å². The number of nitrogens with one attached hydrogen (secondary N) is 1. The third kappa shape index (κ3) is 2.56. The van der Waals surface area contributed by atoms with E-state index in [1.807, 2.05) is 20.0 Å². The maximum absolute atomic E-state index is 13.7. The van der Waals surface area contributed by atoms with E-state index < -0.39 is 0 Å². The number of hydrogen-bond donors (Lipinski definition) is 1. The lowest BCUT2D eigenvalue weighted by atomic mass is 10.2. The van der Waals surface area contributed by atoms with Crippen LogP contribution in [0.3, 0.4) is 0 Å². The Morgan fingerprint density at radius 1 is 1.38 bits per heavy atom. The molecule has 0 amide bonds. The maximum Gasteiger partial charge on any atom is 0.157 e. The molecule has 0 bridgehead atoms. The fourth-order valence-electron chi connectivity index (χ4n) is 2.30. The predicted molar refractivity (Wildman–Crippen MR) is 82.0 cm³/mol. The van der Waals surface area contributed by atoms with Gasteiger partial charge in [-0.3, -0.25) is 4.68 Å². The Morgan fingerprint density at radius 2 is 2.19 bits per heavy atom. The van der Waals surface area contributed by atoms with E-state index in [2.05, 4.69) is 15.4 Å². The molecule has 0 aliphatic carbocycles. The standard InChI is InChI=1S/C15H14ClFN4/c1-9-11-6-10(8-19-15(11)21(2)20-9)7-18-14-12(16)4-3-5-13(14)17/h3-6,8,18H,7H2,1-2H3. The smallest absolute Gasteiger partial charge is 0.157 e. The van der Waals surface area contributed by atoms with E-state index in [1.165, 1.54) is 6.07 Å². The molecule has 21 heavy (non-hydrogen) atoms. The van der Waals surface area contributed by atoms with Crippen molar-refractivity contribution < 1.29 is 4.39 Å². The number of rotatable bonds is 3. The fourth-order valence-corrected chi connectivity index (χ4v) is 2.53. The lowest BCUT2D eigenvalue weighted by molar-refractivity contribution is 0.630. The van der Waals surface area contributed by atoms with E-state index in [-0.39, 0.29) is 5.82 Å². The number of aryl methyl sites for hydroxylation is 2. The summed E-state index contributed by atoms with van der Waals surface area (Å²) in [4.78, 5) is 4.39. The second-order valence-electron chi connectivity index (χ2n) is 4.87. The molecular weight excluding hydrogens is 291 g/mol. The minimum absolute atomic E-state index is 0.308. The number of para-hydroxylation sites is 1. The molecule has 0 unspecified atom stereocenters. The molecule has 0 spiro atoms. The average Bonchev–Trinajstić information content (AvgIpc) is 2.73. The number of hydrogen-bond acceptors (Lipinski definition) is 3. The molecule has 2 heterocycles. The van der Waals surface area contributed by atoms with Crippen LogP contribution in [0.15, 0.2) is 30.5 Å². The summed E-state index contributed by atoms with van der Waals surface area (Å²) in [5.74, 6) is -0.367. The molecule has 0 saturated carbocycles. The average molecular weight is 305 g/mol. The lowest BCUT2D eigenvalue weighted by Gasteiger charge is -2.09. The molecule has 6 heteroatoms. The van der Waals surface area contributed by atoms with Gasteiger partial charge in [0.05, 0.1) is 16.4 Å². The lowest BCUT2D eigenvalue weighted by Crippen LogP contribution is -2.03. The first kappa shape index (κ1) is 13.8. The van der Waals surface area contributed by atoms with E-state index in [1.54, 1.807) is 23.0 Å². The van der Waals surface area contributed by atoms with Crippen LogP contribution in [0.2, 0.25) is 5.02 Å². The van der Waals surface area contributed by atoms with Crippen LogP contribution in [-0.2, 0) is 13.6 Å². The number of nitrogens with zero attached hydrogens (tertiary/aromatic N) is 3. The van der Waals surface area contributed by atoms with Crippen molar-refractivity contribution >= 4 is 28.3 Å². The van der Waals surface area contributed by atoms with Crippen molar-refractivity contribution in [2.75, 3.05) is 5.32 Å². The Hall–Kier alpha value is -2.14. The topological polar surface area (TPSA) is 42.7 Å². The molecule has 0 atom stereocenters. The van der Waals surface area contributed by atoms with Gasteiger partial charge in [0.1, 0.15) is 5.82 Å². The van der Waals surface area contributed by atoms with Gasteiger partial charge in [-0.1, -0.05) is 17.7 Å². The van der Waals surface area contributed by atoms with Gasteiger partial charge in [0.15, 0.2) is 5.65 Å². The number of fused-ring (bicyclic) bond motifs is 1. The highest BCUT2D eigenvalue weighted by Crippen LogP contribution is 2.25. The van der Waals surface area contributed by atoms with Gasteiger partial charge in [-0.15, -0.1) is 0 Å². The van der Waals surface area contributed by atoms with Crippen molar-refractivity contribution in [2.24, 2.45) is 7.05 Å². The summed E-state index contributed by atoms with van der Waals surface area (Å²) in [6.07, 6.45) is 1.76. The van der Waals surface area contributed by atoms with Crippen molar-refractivity contribution in [2.45, 2.75) is 13.5 Å². The molecule has 1 N–H and O–H groups in total. The summed E-state index contributed by atoms with van der Waals surface area (Å²) in [7, 11) is 1.86. The zero-order valence-electron chi connectivity index (χ0n) is 11.7. The zero-order valence-corrected chi connectivity index (χ0v) is 12.4. The number of pyridine rings is 1. The van der Waals surface area contributed by atoms with Crippen LogP contribution in [0.5, 0.6) is 0 Å². The van der Waals surface area contributed by atoms with Gasteiger partial charge < -0.3 is 5.32 Å². The molecule has 3 aromatic rings. The molecule has 2 aromatic heterocycles. The highest BCUT2D eigenvalue weighted by Gasteiger charge is 2.09. The third-order valence-corrected chi connectivity index (χ3v) is 3.67. The van der Waals surface area contributed by atoms with Gasteiger partial charge in [-0.25, -0.2) is 9.37 Å². The van der Waals surface area contributed by atoms with Crippen molar-refractivity contribution in [3.63, 3.8) is 0 Å². The summed E-state index contributed by atoms with van der Waals surface area (Å²) in [5, 5.41) is 8.70. The second-order valence-corrected chi connectivity index (χ2v) is 5.28. The molecule has 0 aliphatic rings. The highest BCUT2D eigenvalue weighted by atomic mass is 35.5. The van der Waals surface area contributed by atoms with Gasteiger partial charge in [-0.2, -0.15) is 5.10 Å². The monoisotopic (exact) mass is 304 g/mol. The van der Waals surface area contributed by atoms with Gasteiger partial charge in [-0.05, 0) is 30.7 Å². The Morgan fingerprint density at radius 3 is 2.95 bits per heavy atom. The Kier molecular flexibility index (Phi) is 3.51. The van der Waals surface area contributed by atoms with Crippen LogP contribution >= 0.6 is 11.6 Å². The number of halogens is 2. The minimum Gasteiger partial charge on any atom is -0.377 e. The first-order valence-corrected chi connectivity index (χ1v) is 6.90. The first-order valence-electron chi connectivity index (χ1n) is 6.52. The second kappa shape index (κ2) is 5.33. The normalized spacial score (nSPS) is 11.0. The Balaban J connectivity index is 1.87. The molecule has 1 aromatic carbocycles. The molecule has 4 nitrogen and oxygen atoms in total. The minimum atomic E-state index is -0.367. The van der Waals surface area contributed by atoms with Crippen molar-refractivity contribution in [3.8, 4) is 0 Å². The van der Waals surface area contributed by atoms with Crippen LogP contribution < -0.4 is 5.32 Å². The Labute approximate surface area is 126 Å². The largest absolute Gasteiger partial charge is 0.377 e. The number of anilines is 1. The van der Waals surface area contributed by atoms with Gasteiger partial charge in [0, 0.05) is 25.2 Å². The van der Waals surface area contributed by atoms with E-state index >= 15 is 0 Å². The number of benzene rings is 1. The number of aromatic nitrogens is 3. The van der Waals surface area contributed by atoms with E-state index in [0.717, 1.165) is 22.3 Å². The highest BCUT2D eigenvalue weighted by molar-refractivity contribution is 6.33. The first-order chi connectivity index (χ1) is 10.1. The third-order valence-electron chi connectivity index (χ3n) is 3.35. The van der Waals surface area contributed by atoms with E-state index in [4.69, 9.17) is 11.6 Å². The van der Waals surface area contributed by atoms with Crippen LogP contribution in [0.4, 0.5) is 10.1 Å². The van der Waals surface area contributed by atoms with E-state index in [9.17, 15) is 4.39 Å². The molecular formula is C15H14ClFN4. The maximum atomic E-state index is 13.7. The molecule has 0 radical (unpaired) electrons. The zero-order chi connectivity index (χ0) is 15.0. The Bertz CT molecular complexity index is 793. The molecule has 3 rings (SSSR count). The van der Waals surface area contributed by atoms with Crippen LogP contribution in [0, 0.1) is 12.7 Å². The van der Waals surface area contributed by atoms with Gasteiger partial charge in [0.25, 0.3) is 0 Å². The van der Waals surface area contributed by atoms with Crippen molar-refractivity contribution in [1.29, 1.82) is 0 Å². The van der Waals surface area contributed by atoms with Crippen molar-refractivity contribution in [3.05, 3.63) is 52.6 Å².